The van der Waals surface area contributed by atoms with Gasteiger partial charge in [0.15, 0.2) is 6.29 Å². The molecular weight excluding hydrogens is 240 g/mol. The summed E-state index contributed by atoms with van der Waals surface area (Å²) in [6.45, 7) is 1.83. The van der Waals surface area contributed by atoms with Crippen LogP contribution in [0.2, 0.25) is 0 Å². The molecule has 17 heavy (non-hydrogen) atoms. The number of aryl methyl sites for hydroxylation is 1. The number of fused-ring (bicyclic) bond motifs is 1. The van der Waals surface area contributed by atoms with E-state index in [0.717, 1.165) is 33.9 Å². The second-order valence-electron chi connectivity index (χ2n) is 3.65. The average molecular weight is 248 g/mol. The summed E-state index contributed by atoms with van der Waals surface area (Å²) in [5, 5.41) is 0. The van der Waals surface area contributed by atoms with Crippen molar-refractivity contribution in [3.05, 3.63) is 33.4 Å². The van der Waals surface area contributed by atoms with Gasteiger partial charge in [-0.3, -0.25) is 14.0 Å². The Morgan fingerprint density at radius 2 is 2.24 bits per heavy atom. The van der Waals surface area contributed by atoms with Crippen LogP contribution in [0.25, 0.3) is 16.3 Å². The van der Waals surface area contributed by atoms with E-state index in [0.29, 0.717) is 11.5 Å². The quantitative estimate of drug-likeness (QED) is 0.668. The third kappa shape index (κ3) is 1.51. The van der Waals surface area contributed by atoms with Gasteiger partial charge < -0.3 is 9.97 Å². The van der Waals surface area contributed by atoms with E-state index in [1.165, 1.54) is 0 Å². The van der Waals surface area contributed by atoms with E-state index in [9.17, 15) is 9.59 Å². The number of hydrogen-bond donors (Lipinski definition) is 2. The molecule has 0 fully saturated rings. The van der Waals surface area contributed by atoms with Crippen LogP contribution in [0, 0.1) is 6.92 Å². The highest BCUT2D eigenvalue weighted by Crippen LogP contribution is 2.24. The highest BCUT2D eigenvalue weighted by atomic mass is 32.1. The summed E-state index contributed by atoms with van der Waals surface area (Å²) in [5.41, 5.74) is 1.99. The first-order chi connectivity index (χ1) is 8.17. The molecule has 0 aromatic carbocycles. The third-order valence-corrected chi connectivity index (χ3v) is 3.46. The average Bonchev–Trinajstić information content (AvgIpc) is 2.89. The van der Waals surface area contributed by atoms with Crippen LogP contribution in [0.1, 0.15) is 16.2 Å². The van der Waals surface area contributed by atoms with Crippen molar-refractivity contribution in [3.63, 3.8) is 0 Å². The highest BCUT2D eigenvalue weighted by molar-refractivity contribution is 7.13. The standard InChI is InChI=1S/C10H8N4O2S/c1-5-8(17-10(16)11-5)7-3-14-2-6(4-15)12-9(14)13-7/h2-4H,1H3,(H,11,16)(H,12,13). The van der Waals surface area contributed by atoms with Crippen LogP contribution in [0.5, 0.6) is 0 Å². The van der Waals surface area contributed by atoms with E-state index in [4.69, 9.17) is 0 Å². The Bertz CT molecular complexity index is 729. The van der Waals surface area contributed by atoms with Crippen LogP contribution in [0.4, 0.5) is 0 Å². The molecule has 0 saturated heterocycles. The molecule has 3 rings (SSSR count). The van der Waals surface area contributed by atoms with Gasteiger partial charge in [-0.15, -0.1) is 0 Å². The minimum Gasteiger partial charge on any atom is -0.321 e. The zero-order chi connectivity index (χ0) is 12.0. The summed E-state index contributed by atoms with van der Waals surface area (Å²) >= 11 is 1.13. The van der Waals surface area contributed by atoms with Gasteiger partial charge in [-0.05, 0) is 6.92 Å². The van der Waals surface area contributed by atoms with Crippen LogP contribution < -0.4 is 4.87 Å². The number of nitrogens with zero attached hydrogens (tertiary/aromatic N) is 2. The Morgan fingerprint density at radius 3 is 2.82 bits per heavy atom. The minimum absolute atomic E-state index is 0.0947. The van der Waals surface area contributed by atoms with Gasteiger partial charge in [0.2, 0.25) is 5.78 Å². The van der Waals surface area contributed by atoms with Gasteiger partial charge in [-0.25, -0.2) is 4.98 Å². The van der Waals surface area contributed by atoms with Gasteiger partial charge in [0.25, 0.3) is 0 Å². The molecule has 0 aliphatic heterocycles. The molecule has 7 heteroatoms. The largest absolute Gasteiger partial charge is 0.321 e. The number of imidazole rings is 2. The van der Waals surface area contributed by atoms with Crippen LogP contribution >= 0.6 is 11.3 Å². The molecule has 86 valence electrons. The molecule has 0 unspecified atom stereocenters. The topological polar surface area (TPSA) is 83.0 Å². The first-order valence-electron chi connectivity index (χ1n) is 4.90. The molecule has 0 aliphatic carbocycles. The Hall–Kier alpha value is -2.15. The van der Waals surface area contributed by atoms with E-state index >= 15 is 0 Å². The van der Waals surface area contributed by atoms with Crippen molar-refractivity contribution in [2.24, 2.45) is 0 Å². The van der Waals surface area contributed by atoms with E-state index in [1.54, 1.807) is 16.8 Å². The van der Waals surface area contributed by atoms with Crippen LogP contribution in [-0.4, -0.2) is 25.6 Å². The predicted molar refractivity (Wildman–Crippen MR) is 63.6 cm³/mol. The second kappa shape index (κ2) is 3.42. The maximum Gasteiger partial charge on any atom is 0.305 e. The van der Waals surface area contributed by atoms with Crippen molar-refractivity contribution >= 4 is 23.4 Å². The molecule has 0 amide bonds. The van der Waals surface area contributed by atoms with Gasteiger partial charge in [0, 0.05) is 18.1 Å². The molecule has 0 spiro atoms. The summed E-state index contributed by atoms with van der Waals surface area (Å²) in [6.07, 6.45) is 4.17. The molecule has 3 aromatic heterocycles. The maximum absolute atomic E-state index is 11.2. The number of H-pyrrole nitrogens is 2. The summed E-state index contributed by atoms with van der Waals surface area (Å²) in [6, 6.07) is 0. The lowest BCUT2D eigenvalue weighted by atomic mass is 10.3. The van der Waals surface area contributed by atoms with Crippen molar-refractivity contribution in [1.29, 1.82) is 0 Å². The number of hydrogen-bond acceptors (Lipinski definition) is 4. The van der Waals surface area contributed by atoms with Crippen LogP contribution in [0.3, 0.4) is 0 Å². The number of carbonyl (C=O) groups excluding carboxylic acids is 1. The van der Waals surface area contributed by atoms with E-state index in [2.05, 4.69) is 15.0 Å². The van der Waals surface area contributed by atoms with Gasteiger partial charge in [-0.1, -0.05) is 11.3 Å². The van der Waals surface area contributed by atoms with E-state index in [-0.39, 0.29) is 4.87 Å². The monoisotopic (exact) mass is 248 g/mol. The fourth-order valence-electron chi connectivity index (χ4n) is 1.71. The lowest BCUT2D eigenvalue weighted by molar-refractivity contribution is 0.111. The fourth-order valence-corrected chi connectivity index (χ4v) is 2.51. The predicted octanol–water partition coefficient (Wildman–Crippen LogP) is 1.20. The van der Waals surface area contributed by atoms with Crippen LogP contribution in [-0.2, 0) is 0 Å². The van der Waals surface area contributed by atoms with Gasteiger partial charge in [0.1, 0.15) is 5.69 Å². The molecule has 6 nitrogen and oxygen atoms in total. The zero-order valence-corrected chi connectivity index (χ0v) is 9.67. The number of thiazole rings is 1. The molecule has 0 atom stereocenters. The number of rotatable bonds is 2. The molecule has 0 radical (unpaired) electrons. The number of aromatic amines is 2. The number of carbonyl (C=O) groups is 1. The molecule has 0 bridgehead atoms. The van der Waals surface area contributed by atoms with Crippen LogP contribution in [0.15, 0.2) is 17.2 Å². The van der Waals surface area contributed by atoms with Gasteiger partial charge >= 0.3 is 4.87 Å². The summed E-state index contributed by atoms with van der Waals surface area (Å²) < 4.78 is 1.72. The van der Waals surface area contributed by atoms with E-state index < -0.39 is 0 Å². The zero-order valence-electron chi connectivity index (χ0n) is 8.85. The van der Waals surface area contributed by atoms with Gasteiger partial charge in [-0.2, -0.15) is 0 Å². The lowest BCUT2D eigenvalue weighted by Crippen LogP contribution is -1.91. The maximum atomic E-state index is 11.2. The Morgan fingerprint density at radius 1 is 1.41 bits per heavy atom. The summed E-state index contributed by atoms with van der Waals surface area (Å²) in [7, 11) is 0. The fraction of sp³-hybridized carbons (Fsp3) is 0.100. The summed E-state index contributed by atoms with van der Waals surface area (Å²) in [4.78, 5) is 32.4. The van der Waals surface area contributed by atoms with E-state index in [1.807, 2.05) is 6.92 Å². The molecule has 0 saturated carbocycles. The second-order valence-corrected chi connectivity index (χ2v) is 4.64. The SMILES string of the molecule is Cc1[nH]c(=O)sc1-c1cn2cc(C=O)[nH]c2n1. The molecule has 3 aromatic rings. The Balaban J connectivity index is 2.18. The normalized spacial score (nSPS) is 11.1. The Kier molecular flexibility index (Phi) is 2.02. The lowest BCUT2D eigenvalue weighted by Gasteiger charge is -1.90. The highest BCUT2D eigenvalue weighted by Gasteiger charge is 2.12. The van der Waals surface area contributed by atoms with Gasteiger partial charge in [0.05, 0.1) is 10.6 Å². The molecule has 3 heterocycles. The van der Waals surface area contributed by atoms with Crippen molar-refractivity contribution in [1.82, 2.24) is 19.4 Å². The summed E-state index contributed by atoms with van der Waals surface area (Å²) in [5.74, 6) is 0.586. The first-order valence-corrected chi connectivity index (χ1v) is 5.72. The molecular formula is C10H8N4O2S. The third-order valence-electron chi connectivity index (χ3n) is 2.45. The smallest absolute Gasteiger partial charge is 0.305 e. The number of nitrogens with one attached hydrogen (secondary N) is 2. The molecule has 0 aliphatic rings. The van der Waals surface area contributed by atoms with Crippen molar-refractivity contribution in [2.75, 3.05) is 0 Å². The first kappa shape index (κ1) is 10.0. The Labute approximate surface area is 98.9 Å². The van der Waals surface area contributed by atoms with Crippen molar-refractivity contribution in [2.45, 2.75) is 6.92 Å². The van der Waals surface area contributed by atoms with Crippen molar-refractivity contribution < 1.29 is 4.79 Å². The van der Waals surface area contributed by atoms with Crippen molar-refractivity contribution in [3.8, 4) is 10.6 Å². The minimum atomic E-state index is -0.0947. The number of aromatic nitrogens is 4. The number of aldehydes is 1. The molecule has 2 N–H and O–H groups in total.